The molecule has 1 aliphatic heterocycles. The Bertz CT molecular complexity index is 740. The Labute approximate surface area is 142 Å². The second kappa shape index (κ2) is 6.46. The third-order valence-corrected chi connectivity index (χ3v) is 5.32. The van der Waals surface area contributed by atoms with Crippen molar-refractivity contribution in [3.8, 4) is 5.88 Å². The molecule has 1 aliphatic carbocycles. The second-order valence-electron chi connectivity index (χ2n) is 7.04. The van der Waals surface area contributed by atoms with E-state index in [1.54, 1.807) is 6.20 Å². The molecule has 0 N–H and O–H groups in total. The van der Waals surface area contributed by atoms with Crippen LogP contribution in [0.15, 0.2) is 18.5 Å². The van der Waals surface area contributed by atoms with Gasteiger partial charge in [-0.25, -0.2) is 4.98 Å². The van der Waals surface area contributed by atoms with Gasteiger partial charge in [-0.05, 0) is 44.6 Å². The van der Waals surface area contributed by atoms with E-state index in [9.17, 15) is 4.79 Å². The fraction of sp³-hybridized carbons (Fsp3) is 0.579. The lowest BCUT2D eigenvalue weighted by Crippen LogP contribution is -2.28. The maximum atomic E-state index is 12.8. The van der Waals surface area contributed by atoms with E-state index in [1.165, 1.54) is 19.3 Å². The van der Waals surface area contributed by atoms with E-state index >= 15 is 0 Å². The number of pyridine rings is 1. The molecule has 0 radical (unpaired) electrons. The Morgan fingerprint density at radius 3 is 2.67 bits per heavy atom. The Hall–Kier alpha value is -2.04. The molecule has 0 aromatic carbocycles. The maximum Gasteiger partial charge on any atom is 0.257 e. The first-order valence-corrected chi connectivity index (χ1v) is 9.14. The van der Waals surface area contributed by atoms with E-state index in [-0.39, 0.29) is 12.0 Å². The molecule has 2 aliphatic rings. The highest BCUT2D eigenvalue weighted by atomic mass is 16.5. The lowest BCUT2D eigenvalue weighted by atomic mass is 9.98. The van der Waals surface area contributed by atoms with Crippen molar-refractivity contribution in [2.75, 3.05) is 13.1 Å². The Morgan fingerprint density at radius 2 is 1.92 bits per heavy atom. The summed E-state index contributed by atoms with van der Waals surface area (Å²) in [4.78, 5) is 19.3. The fourth-order valence-corrected chi connectivity index (χ4v) is 3.97. The molecule has 0 unspecified atom stereocenters. The van der Waals surface area contributed by atoms with Gasteiger partial charge < -0.3 is 14.2 Å². The van der Waals surface area contributed by atoms with Crippen LogP contribution in [-0.4, -0.2) is 39.6 Å². The summed E-state index contributed by atoms with van der Waals surface area (Å²) in [5, 5.41) is 0.952. The highest BCUT2D eigenvalue weighted by molar-refractivity contribution is 6.06. The van der Waals surface area contributed by atoms with Crippen LogP contribution in [0.2, 0.25) is 0 Å². The van der Waals surface area contributed by atoms with Crippen molar-refractivity contribution in [2.45, 2.75) is 51.0 Å². The lowest BCUT2D eigenvalue weighted by Gasteiger charge is -2.23. The number of carbonyl (C=O) groups excluding carboxylic acids is 1. The predicted octanol–water partition coefficient (Wildman–Crippen LogP) is 3.52. The predicted molar refractivity (Wildman–Crippen MR) is 93.4 cm³/mol. The number of amides is 1. The molecule has 5 nitrogen and oxygen atoms in total. The van der Waals surface area contributed by atoms with Crippen LogP contribution in [0.4, 0.5) is 0 Å². The van der Waals surface area contributed by atoms with Gasteiger partial charge in [0, 0.05) is 32.5 Å². The van der Waals surface area contributed by atoms with Gasteiger partial charge in [0.25, 0.3) is 5.91 Å². The summed E-state index contributed by atoms with van der Waals surface area (Å²) in [6.45, 7) is 1.70. The van der Waals surface area contributed by atoms with Gasteiger partial charge in [-0.2, -0.15) is 0 Å². The fourth-order valence-electron chi connectivity index (χ4n) is 3.97. The molecule has 5 heteroatoms. The number of aromatic nitrogens is 2. The molecule has 2 aromatic heterocycles. The summed E-state index contributed by atoms with van der Waals surface area (Å²) in [5.41, 5.74) is 1.63. The van der Waals surface area contributed by atoms with Crippen molar-refractivity contribution in [1.82, 2.24) is 14.5 Å². The van der Waals surface area contributed by atoms with Crippen LogP contribution in [0, 0.1) is 0 Å². The van der Waals surface area contributed by atoms with Crippen molar-refractivity contribution < 1.29 is 9.53 Å². The largest absolute Gasteiger partial charge is 0.474 e. The van der Waals surface area contributed by atoms with Crippen LogP contribution in [-0.2, 0) is 7.05 Å². The summed E-state index contributed by atoms with van der Waals surface area (Å²) in [7, 11) is 1.98. The zero-order chi connectivity index (χ0) is 16.5. The summed E-state index contributed by atoms with van der Waals surface area (Å²) < 4.78 is 8.20. The van der Waals surface area contributed by atoms with Crippen LogP contribution in [0.3, 0.4) is 0 Å². The molecule has 1 amide bonds. The molecular formula is C19H25N3O2. The molecule has 1 saturated heterocycles. The quantitative estimate of drug-likeness (QED) is 0.866. The van der Waals surface area contributed by atoms with Crippen molar-refractivity contribution >= 4 is 16.8 Å². The van der Waals surface area contributed by atoms with Gasteiger partial charge in [0.1, 0.15) is 6.10 Å². The topological polar surface area (TPSA) is 47.4 Å². The zero-order valence-electron chi connectivity index (χ0n) is 14.3. The SMILES string of the molecule is Cn1ccc2c(OC3CCCCC3)ncc(C(=O)N3CCCC3)c21. The minimum absolute atomic E-state index is 0.0935. The average molecular weight is 327 g/mol. The standard InChI is InChI=1S/C19H25N3O2/c1-21-12-9-15-17(21)16(19(23)22-10-5-6-11-22)13-20-18(15)24-14-7-3-2-4-8-14/h9,12-14H,2-8,10-11H2,1H3. The molecule has 0 spiro atoms. The van der Waals surface area contributed by atoms with E-state index < -0.39 is 0 Å². The van der Waals surface area contributed by atoms with Crippen molar-refractivity contribution in [3.63, 3.8) is 0 Å². The van der Waals surface area contributed by atoms with Gasteiger partial charge in [0.15, 0.2) is 0 Å². The molecule has 2 fully saturated rings. The highest BCUT2D eigenvalue weighted by Crippen LogP contribution is 2.31. The van der Waals surface area contributed by atoms with E-state index in [4.69, 9.17) is 4.74 Å². The summed E-state index contributed by atoms with van der Waals surface area (Å²) >= 11 is 0. The number of hydrogen-bond donors (Lipinski definition) is 0. The van der Waals surface area contributed by atoms with Gasteiger partial charge in [0.05, 0.1) is 16.5 Å². The number of fused-ring (bicyclic) bond motifs is 1. The van der Waals surface area contributed by atoms with Crippen molar-refractivity contribution in [2.24, 2.45) is 7.05 Å². The average Bonchev–Trinajstić information content (AvgIpc) is 3.26. The molecule has 0 atom stereocenters. The summed E-state index contributed by atoms with van der Waals surface area (Å²) in [6, 6.07) is 2.02. The lowest BCUT2D eigenvalue weighted by molar-refractivity contribution is 0.0794. The van der Waals surface area contributed by atoms with Crippen LogP contribution >= 0.6 is 0 Å². The molecule has 128 valence electrons. The van der Waals surface area contributed by atoms with E-state index in [0.717, 1.165) is 49.7 Å². The number of nitrogens with zero attached hydrogens (tertiary/aromatic N) is 3. The first-order valence-electron chi connectivity index (χ1n) is 9.14. The van der Waals surface area contributed by atoms with Crippen LogP contribution in [0.1, 0.15) is 55.3 Å². The molecule has 24 heavy (non-hydrogen) atoms. The van der Waals surface area contributed by atoms with Crippen LogP contribution in [0.5, 0.6) is 5.88 Å². The van der Waals surface area contributed by atoms with Gasteiger partial charge in [0.2, 0.25) is 5.88 Å². The third-order valence-electron chi connectivity index (χ3n) is 5.32. The number of likely N-dealkylation sites (tertiary alicyclic amines) is 1. The first kappa shape index (κ1) is 15.5. The molecule has 3 heterocycles. The van der Waals surface area contributed by atoms with Gasteiger partial charge in [-0.3, -0.25) is 4.79 Å². The van der Waals surface area contributed by atoms with Crippen molar-refractivity contribution in [1.29, 1.82) is 0 Å². The molecule has 0 bridgehead atoms. The zero-order valence-corrected chi connectivity index (χ0v) is 14.3. The summed E-state index contributed by atoms with van der Waals surface area (Å²) in [6.07, 6.45) is 12.1. The number of rotatable bonds is 3. The smallest absolute Gasteiger partial charge is 0.257 e. The van der Waals surface area contributed by atoms with Crippen molar-refractivity contribution in [3.05, 3.63) is 24.0 Å². The van der Waals surface area contributed by atoms with Crippen LogP contribution < -0.4 is 4.74 Å². The molecular weight excluding hydrogens is 302 g/mol. The third kappa shape index (κ3) is 2.76. The number of ether oxygens (including phenoxy) is 1. The Balaban J connectivity index is 1.68. The van der Waals surface area contributed by atoms with Crippen LogP contribution in [0.25, 0.3) is 10.9 Å². The van der Waals surface area contributed by atoms with Gasteiger partial charge >= 0.3 is 0 Å². The molecule has 2 aromatic rings. The van der Waals surface area contributed by atoms with Gasteiger partial charge in [-0.15, -0.1) is 0 Å². The Morgan fingerprint density at radius 1 is 1.17 bits per heavy atom. The minimum atomic E-state index is 0.0935. The van der Waals surface area contributed by atoms with E-state index in [1.807, 2.05) is 28.8 Å². The number of aryl methyl sites for hydroxylation is 1. The monoisotopic (exact) mass is 327 g/mol. The maximum absolute atomic E-state index is 12.8. The van der Waals surface area contributed by atoms with E-state index in [0.29, 0.717) is 11.4 Å². The first-order chi connectivity index (χ1) is 11.7. The Kier molecular flexibility index (Phi) is 4.17. The highest BCUT2D eigenvalue weighted by Gasteiger charge is 2.25. The molecule has 1 saturated carbocycles. The minimum Gasteiger partial charge on any atom is -0.474 e. The normalized spacial score (nSPS) is 19.1. The molecule has 4 rings (SSSR count). The number of hydrogen-bond acceptors (Lipinski definition) is 3. The number of carbonyl (C=O) groups is 1. The van der Waals surface area contributed by atoms with Gasteiger partial charge in [-0.1, -0.05) is 6.42 Å². The van der Waals surface area contributed by atoms with E-state index in [2.05, 4.69) is 4.98 Å². The summed E-state index contributed by atoms with van der Waals surface area (Å²) in [5.74, 6) is 0.770. The second-order valence-corrected chi connectivity index (χ2v) is 7.04.